The van der Waals surface area contributed by atoms with E-state index < -0.39 is 0 Å². The molecule has 0 aliphatic rings. The summed E-state index contributed by atoms with van der Waals surface area (Å²) >= 11 is 1.70. The van der Waals surface area contributed by atoms with Gasteiger partial charge in [-0.3, -0.25) is 0 Å². The molecule has 2 aromatic rings. The van der Waals surface area contributed by atoms with Crippen LogP contribution in [0.3, 0.4) is 0 Å². The van der Waals surface area contributed by atoms with E-state index in [1.54, 1.807) is 25.6 Å². The number of methoxy groups -OCH3 is 2. The Labute approximate surface area is 123 Å². The first-order valence-electron chi connectivity index (χ1n) is 6.57. The molecule has 0 fully saturated rings. The molecule has 4 nitrogen and oxygen atoms in total. The highest BCUT2D eigenvalue weighted by molar-refractivity contribution is 7.11. The van der Waals surface area contributed by atoms with Crippen molar-refractivity contribution in [2.45, 2.75) is 19.9 Å². The number of thiazole rings is 1. The topological polar surface area (TPSA) is 43.4 Å². The molecular formula is C15H20N2O2S. The molecule has 0 amide bonds. The van der Waals surface area contributed by atoms with Gasteiger partial charge in [0.05, 0.1) is 25.3 Å². The molecule has 0 aliphatic heterocycles. The zero-order chi connectivity index (χ0) is 14.5. The van der Waals surface area contributed by atoms with Crippen molar-refractivity contribution in [2.75, 3.05) is 20.8 Å². The van der Waals surface area contributed by atoms with Crippen LogP contribution in [-0.2, 0) is 0 Å². The van der Waals surface area contributed by atoms with E-state index in [1.165, 1.54) is 4.88 Å². The largest absolute Gasteiger partial charge is 0.497 e. The lowest BCUT2D eigenvalue weighted by atomic mass is 10.0. The van der Waals surface area contributed by atoms with Crippen LogP contribution in [0.2, 0.25) is 0 Å². The molecule has 0 saturated carbocycles. The first-order chi connectivity index (χ1) is 9.69. The Morgan fingerprint density at radius 3 is 2.65 bits per heavy atom. The summed E-state index contributed by atoms with van der Waals surface area (Å²) in [6, 6.07) is 6.00. The van der Waals surface area contributed by atoms with Crippen molar-refractivity contribution in [3.63, 3.8) is 0 Å². The van der Waals surface area contributed by atoms with Crippen LogP contribution in [0.25, 0.3) is 0 Å². The maximum Gasteiger partial charge on any atom is 0.127 e. The normalized spacial score (nSPS) is 12.2. The molecule has 1 aromatic heterocycles. The molecule has 1 N–H and O–H groups in total. The molecule has 1 heterocycles. The van der Waals surface area contributed by atoms with Gasteiger partial charge in [0.25, 0.3) is 0 Å². The van der Waals surface area contributed by atoms with Gasteiger partial charge in [-0.1, -0.05) is 6.92 Å². The number of nitrogens with zero attached hydrogens (tertiary/aromatic N) is 1. The van der Waals surface area contributed by atoms with Crippen molar-refractivity contribution in [1.82, 2.24) is 10.3 Å². The fourth-order valence-electron chi connectivity index (χ4n) is 2.14. The van der Waals surface area contributed by atoms with Gasteiger partial charge in [0, 0.05) is 22.7 Å². The Hall–Kier alpha value is -1.59. The number of ether oxygens (including phenoxy) is 2. The first kappa shape index (κ1) is 14.8. The quantitative estimate of drug-likeness (QED) is 0.888. The Balaban J connectivity index is 2.43. The van der Waals surface area contributed by atoms with E-state index in [4.69, 9.17) is 9.47 Å². The molecule has 0 saturated heterocycles. The molecule has 0 radical (unpaired) electrons. The monoisotopic (exact) mass is 292 g/mol. The third-order valence-corrected chi connectivity index (χ3v) is 4.06. The summed E-state index contributed by atoms with van der Waals surface area (Å²) in [7, 11) is 3.34. The van der Waals surface area contributed by atoms with E-state index in [0.29, 0.717) is 0 Å². The third-order valence-electron chi connectivity index (χ3n) is 3.08. The zero-order valence-electron chi connectivity index (χ0n) is 12.3. The van der Waals surface area contributed by atoms with Gasteiger partial charge >= 0.3 is 0 Å². The van der Waals surface area contributed by atoms with Crippen LogP contribution in [0.4, 0.5) is 0 Å². The van der Waals surface area contributed by atoms with Gasteiger partial charge in [0.2, 0.25) is 0 Å². The number of rotatable bonds is 6. The van der Waals surface area contributed by atoms with Crippen molar-refractivity contribution in [1.29, 1.82) is 0 Å². The fourth-order valence-corrected chi connectivity index (χ4v) is 3.02. The minimum Gasteiger partial charge on any atom is -0.497 e. The van der Waals surface area contributed by atoms with Gasteiger partial charge in [0.1, 0.15) is 11.5 Å². The number of aryl methyl sites for hydroxylation is 1. The predicted octanol–water partition coefficient (Wildman–Crippen LogP) is 3.17. The van der Waals surface area contributed by atoms with E-state index in [0.717, 1.165) is 28.6 Å². The molecule has 108 valence electrons. The van der Waals surface area contributed by atoms with Crippen LogP contribution in [0.5, 0.6) is 11.5 Å². The highest BCUT2D eigenvalue weighted by Crippen LogP contribution is 2.34. The van der Waals surface area contributed by atoms with Gasteiger partial charge in [-0.05, 0) is 25.6 Å². The molecule has 1 aromatic carbocycles. The summed E-state index contributed by atoms with van der Waals surface area (Å²) < 4.78 is 10.8. The molecule has 0 bridgehead atoms. The van der Waals surface area contributed by atoms with E-state index >= 15 is 0 Å². The van der Waals surface area contributed by atoms with Crippen LogP contribution in [-0.4, -0.2) is 25.7 Å². The fraction of sp³-hybridized carbons (Fsp3) is 0.400. The number of benzene rings is 1. The lowest BCUT2D eigenvalue weighted by molar-refractivity contribution is 0.388. The lowest BCUT2D eigenvalue weighted by Gasteiger charge is -2.19. The second-order valence-electron chi connectivity index (χ2n) is 4.38. The minimum atomic E-state index is 0.0899. The maximum absolute atomic E-state index is 5.51. The standard InChI is InChI=1S/C15H20N2O2S/c1-5-16-15(14-9-17-10(2)20-14)12-7-6-11(18-3)8-13(12)19-4/h6-9,15-16H,5H2,1-4H3. The van der Waals surface area contributed by atoms with Crippen LogP contribution < -0.4 is 14.8 Å². The van der Waals surface area contributed by atoms with Crippen molar-refractivity contribution in [2.24, 2.45) is 0 Å². The van der Waals surface area contributed by atoms with Gasteiger partial charge in [-0.25, -0.2) is 4.98 Å². The Morgan fingerprint density at radius 1 is 1.30 bits per heavy atom. The molecule has 0 aliphatic carbocycles. The number of aromatic nitrogens is 1. The highest BCUT2D eigenvalue weighted by Gasteiger charge is 2.20. The molecule has 1 unspecified atom stereocenters. The van der Waals surface area contributed by atoms with Crippen LogP contribution >= 0.6 is 11.3 Å². The number of hydrogen-bond donors (Lipinski definition) is 1. The van der Waals surface area contributed by atoms with Gasteiger partial charge in [-0.2, -0.15) is 0 Å². The van der Waals surface area contributed by atoms with E-state index in [1.807, 2.05) is 31.3 Å². The van der Waals surface area contributed by atoms with Crippen molar-refractivity contribution >= 4 is 11.3 Å². The van der Waals surface area contributed by atoms with E-state index in [2.05, 4.69) is 17.2 Å². The molecule has 2 rings (SSSR count). The van der Waals surface area contributed by atoms with Crippen molar-refractivity contribution in [3.8, 4) is 11.5 Å². The Bertz CT molecular complexity index is 569. The minimum absolute atomic E-state index is 0.0899. The van der Waals surface area contributed by atoms with E-state index in [9.17, 15) is 0 Å². The maximum atomic E-state index is 5.51. The summed E-state index contributed by atoms with van der Waals surface area (Å²) in [6.45, 7) is 4.98. The summed E-state index contributed by atoms with van der Waals surface area (Å²) in [6.07, 6.45) is 1.93. The average molecular weight is 292 g/mol. The molecular weight excluding hydrogens is 272 g/mol. The SMILES string of the molecule is CCNC(c1cnc(C)s1)c1ccc(OC)cc1OC. The smallest absolute Gasteiger partial charge is 0.127 e. The Kier molecular flexibility index (Phi) is 4.98. The third kappa shape index (κ3) is 3.11. The molecule has 5 heteroatoms. The predicted molar refractivity (Wildman–Crippen MR) is 81.9 cm³/mol. The second kappa shape index (κ2) is 6.72. The van der Waals surface area contributed by atoms with Crippen LogP contribution in [0.15, 0.2) is 24.4 Å². The van der Waals surface area contributed by atoms with Crippen molar-refractivity contribution < 1.29 is 9.47 Å². The first-order valence-corrected chi connectivity index (χ1v) is 7.38. The number of hydrogen-bond acceptors (Lipinski definition) is 5. The second-order valence-corrected chi connectivity index (χ2v) is 5.65. The van der Waals surface area contributed by atoms with Crippen LogP contribution in [0.1, 0.15) is 28.4 Å². The summed E-state index contributed by atoms with van der Waals surface area (Å²) in [5, 5.41) is 4.56. The van der Waals surface area contributed by atoms with E-state index in [-0.39, 0.29) is 6.04 Å². The number of nitrogens with one attached hydrogen (secondary N) is 1. The molecule has 0 spiro atoms. The van der Waals surface area contributed by atoms with Gasteiger partial charge in [0.15, 0.2) is 0 Å². The Morgan fingerprint density at radius 2 is 2.10 bits per heavy atom. The zero-order valence-corrected chi connectivity index (χ0v) is 13.1. The average Bonchev–Trinajstić information content (AvgIpc) is 2.90. The highest BCUT2D eigenvalue weighted by atomic mass is 32.1. The lowest BCUT2D eigenvalue weighted by Crippen LogP contribution is -2.21. The summed E-state index contributed by atoms with van der Waals surface area (Å²) in [4.78, 5) is 5.54. The van der Waals surface area contributed by atoms with Crippen LogP contribution in [0, 0.1) is 6.92 Å². The van der Waals surface area contributed by atoms with Gasteiger partial charge in [-0.15, -0.1) is 11.3 Å². The summed E-state index contributed by atoms with van der Waals surface area (Å²) in [5.41, 5.74) is 1.10. The molecule has 20 heavy (non-hydrogen) atoms. The molecule has 1 atom stereocenters. The summed E-state index contributed by atoms with van der Waals surface area (Å²) in [5.74, 6) is 1.61. The van der Waals surface area contributed by atoms with Gasteiger partial charge < -0.3 is 14.8 Å². The van der Waals surface area contributed by atoms with Crippen molar-refractivity contribution in [3.05, 3.63) is 39.8 Å².